The molecule has 0 aliphatic heterocycles. The van der Waals surface area contributed by atoms with Gasteiger partial charge in [0.15, 0.2) is 0 Å². The molecular weight excluding hydrogens is 292 g/mol. The van der Waals surface area contributed by atoms with Crippen molar-refractivity contribution < 1.29 is 17.9 Å². The van der Waals surface area contributed by atoms with Gasteiger partial charge in [0.1, 0.15) is 0 Å². The summed E-state index contributed by atoms with van der Waals surface area (Å²) in [4.78, 5) is 12.2. The Morgan fingerprint density at radius 3 is 2.57 bits per heavy atom. The number of carbonyl (C=O) groups excluding carboxylic acids is 1. The molecule has 0 spiro atoms. The van der Waals surface area contributed by atoms with Gasteiger partial charge in [-0.3, -0.25) is 4.79 Å². The van der Waals surface area contributed by atoms with Gasteiger partial charge in [-0.2, -0.15) is 0 Å². The van der Waals surface area contributed by atoms with Gasteiger partial charge >= 0.3 is 0 Å². The molecule has 1 aromatic carbocycles. The van der Waals surface area contributed by atoms with E-state index in [2.05, 4.69) is 5.32 Å². The van der Waals surface area contributed by atoms with Gasteiger partial charge in [-0.25, -0.2) is 13.6 Å². The summed E-state index contributed by atoms with van der Waals surface area (Å²) in [5.74, 6) is -0.318. The van der Waals surface area contributed by atoms with E-state index in [9.17, 15) is 13.2 Å². The normalized spacial score (nSPS) is 17.1. The van der Waals surface area contributed by atoms with Crippen LogP contribution in [0.1, 0.15) is 35.2 Å². The molecule has 0 unspecified atom stereocenters. The van der Waals surface area contributed by atoms with Crippen molar-refractivity contribution in [1.82, 2.24) is 5.32 Å². The average molecular weight is 312 g/mol. The van der Waals surface area contributed by atoms with Crippen LogP contribution in [0.3, 0.4) is 0 Å². The minimum atomic E-state index is -3.82. The van der Waals surface area contributed by atoms with Gasteiger partial charge in [0.25, 0.3) is 5.91 Å². The molecule has 1 aliphatic carbocycles. The molecule has 116 valence electrons. The van der Waals surface area contributed by atoms with Crippen LogP contribution in [0.2, 0.25) is 0 Å². The summed E-state index contributed by atoms with van der Waals surface area (Å²) in [6.45, 7) is 2.17. The Morgan fingerprint density at radius 2 is 2.10 bits per heavy atom. The zero-order valence-corrected chi connectivity index (χ0v) is 13.0. The number of hydrogen-bond donors (Lipinski definition) is 2. The molecule has 0 aromatic heterocycles. The van der Waals surface area contributed by atoms with Crippen molar-refractivity contribution in [3.05, 3.63) is 29.3 Å². The van der Waals surface area contributed by atoms with E-state index in [1.54, 1.807) is 20.1 Å². The number of benzene rings is 1. The highest BCUT2D eigenvalue weighted by Gasteiger charge is 2.37. The van der Waals surface area contributed by atoms with E-state index >= 15 is 0 Å². The van der Waals surface area contributed by atoms with Crippen molar-refractivity contribution in [2.24, 2.45) is 5.14 Å². The molecule has 0 heterocycles. The minimum absolute atomic E-state index is 0.0663. The van der Waals surface area contributed by atoms with E-state index in [0.29, 0.717) is 17.7 Å². The maximum absolute atomic E-state index is 12.2. The molecule has 2 rings (SSSR count). The number of nitrogens with one attached hydrogen (secondary N) is 1. The van der Waals surface area contributed by atoms with Crippen LogP contribution in [0, 0.1) is 6.92 Å². The zero-order chi connectivity index (χ0) is 15.7. The number of aryl methyl sites for hydroxylation is 1. The van der Waals surface area contributed by atoms with Gasteiger partial charge in [-0.1, -0.05) is 6.07 Å². The number of nitrogens with two attached hydrogens (primary N) is 1. The molecule has 0 radical (unpaired) electrons. The lowest BCUT2D eigenvalue weighted by Crippen LogP contribution is -2.49. The van der Waals surface area contributed by atoms with Gasteiger partial charge < -0.3 is 10.1 Å². The number of rotatable bonds is 5. The molecule has 0 atom stereocenters. The minimum Gasteiger partial charge on any atom is -0.376 e. The van der Waals surface area contributed by atoms with Crippen molar-refractivity contribution >= 4 is 15.9 Å². The molecule has 6 nitrogen and oxygen atoms in total. The lowest BCUT2D eigenvalue weighted by molar-refractivity contribution is -0.0679. The first kappa shape index (κ1) is 15.9. The fourth-order valence-electron chi connectivity index (χ4n) is 2.38. The molecule has 1 aromatic rings. The molecular formula is C14H20N2O4S. The summed E-state index contributed by atoms with van der Waals surface area (Å²) in [6, 6.07) is 4.27. The summed E-state index contributed by atoms with van der Waals surface area (Å²) in [6.07, 6.45) is 2.92. The number of ether oxygens (including phenoxy) is 1. The highest BCUT2D eigenvalue weighted by atomic mass is 32.2. The number of hydrogen-bond acceptors (Lipinski definition) is 4. The summed E-state index contributed by atoms with van der Waals surface area (Å²) in [5.41, 5.74) is 0.730. The van der Waals surface area contributed by atoms with Crippen LogP contribution in [-0.4, -0.2) is 33.6 Å². The quantitative estimate of drug-likeness (QED) is 0.845. The van der Waals surface area contributed by atoms with Crippen molar-refractivity contribution in [1.29, 1.82) is 0 Å². The van der Waals surface area contributed by atoms with E-state index in [0.717, 1.165) is 19.3 Å². The number of carbonyl (C=O) groups is 1. The van der Waals surface area contributed by atoms with Crippen LogP contribution in [0.25, 0.3) is 0 Å². The first-order valence-electron chi connectivity index (χ1n) is 6.74. The third kappa shape index (κ3) is 3.42. The second kappa shape index (κ2) is 5.75. The van der Waals surface area contributed by atoms with Crippen molar-refractivity contribution in [2.45, 2.75) is 36.7 Å². The monoisotopic (exact) mass is 312 g/mol. The van der Waals surface area contributed by atoms with Crippen LogP contribution in [-0.2, 0) is 14.8 Å². The summed E-state index contributed by atoms with van der Waals surface area (Å²) in [7, 11) is -2.18. The third-order valence-electron chi connectivity index (χ3n) is 4.05. The maximum atomic E-state index is 12.2. The van der Waals surface area contributed by atoms with Crippen molar-refractivity contribution in [2.75, 3.05) is 13.7 Å². The smallest absolute Gasteiger partial charge is 0.251 e. The number of methoxy groups -OCH3 is 1. The van der Waals surface area contributed by atoms with Gasteiger partial charge in [0.2, 0.25) is 10.0 Å². The van der Waals surface area contributed by atoms with E-state index in [1.807, 2.05) is 0 Å². The molecule has 1 amide bonds. The van der Waals surface area contributed by atoms with E-state index in [1.165, 1.54) is 12.1 Å². The Hall–Kier alpha value is -1.44. The molecule has 1 fully saturated rings. The fourth-order valence-corrected chi connectivity index (χ4v) is 2.92. The molecule has 1 aliphatic rings. The molecule has 1 saturated carbocycles. The number of sulfonamides is 1. The molecule has 0 bridgehead atoms. The highest BCUT2D eigenvalue weighted by Crippen LogP contribution is 2.34. The van der Waals surface area contributed by atoms with E-state index in [-0.39, 0.29) is 16.4 Å². The third-order valence-corrected chi connectivity index (χ3v) is 4.96. The summed E-state index contributed by atoms with van der Waals surface area (Å²) in [5, 5.41) is 7.90. The number of primary sulfonamides is 1. The van der Waals surface area contributed by atoms with Crippen LogP contribution >= 0.6 is 0 Å². The lowest BCUT2D eigenvalue weighted by Gasteiger charge is -2.40. The standard InChI is InChI=1S/C14H20N2O4S/c1-10-4-5-11(21(15,18)19)8-12(10)13(17)16-9-14(20-2)6-3-7-14/h4-5,8H,3,6-7,9H2,1-2H3,(H,16,17)(H2,15,18,19). The van der Waals surface area contributed by atoms with Gasteiger partial charge in [-0.15, -0.1) is 0 Å². The van der Waals surface area contributed by atoms with Crippen LogP contribution in [0.15, 0.2) is 23.1 Å². The molecule has 3 N–H and O–H groups in total. The van der Waals surface area contributed by atoms with Gasteiger partial charge in [-0.05, 0) is 43.9 Å². The molecule has 7 heteroatoms. The Labute approximate surface area is 124 Å². The first-order valence-corrected chi connectivity index (χ1v) is 8.29. The first-order chi connectivity index (χ1) is 9.77. The van der Waals surface area contributed by atoms with Crippen LogP contribution in [0.4, 0.5) is 0 Å². The molecule has 0 saturated heterocycles. The molecule has 21 heavy (non-hydrogen) atoms. The number of amides is 1. The van der Waals surface area contributed by atoms with Gasteiger partial charge in [0, 0.05) is 19.2 Å². The van der Waals surface area contributed by atoms with E-state index in [4.69, 9.17) is 9.88 Å². The Balaban J connectivity index is 2.15. The second-order valence-electron chi connectivity index (χ2n) is 5.45. The van der Waals surface area contributed by atoms with Crippen molar-refractivity contribution in [3.8, 4) is 0 Å². The topological polar surface area (TPSA) is 98.5 Å². The maximum Gasteiger partial charge on any atom is 0.251 e. The summed E-state index contributed by atoms with van der Waals surface area (Å²) >= 11 is 0. The van der Waals surface area contributed by atoms with E-state index < -0.39 is 10.0 Å². The Morgan fingerprint density at radius 1 is 1.43 bits per heavy atom. The largest absolute Gasteiger partial charge is 0.376 e. The summed E-state index contributed by atoms with van der Waals surface area (Å²) < 4.78 is 28.2. The van der Waals surface area contributed by atoms with Crippen molar-refractivity contribution in [3.63, 3.8) is 0 Å². The predicted molar refractivity (Wildman–Crippen MR) is 78.5 cm³/mol. The fraction of sp³-hybridized carbons (Fsp3) is 0.500. The predicted octanol–water partition coefficient (Wildman–Crippen LogP) is 0.941. The second-order valence-corrected chi connectivity index (χ2v) is 7.01. The Kier molecular flexibility index (Phi) is 4.36. The van der Waals surface area contributed by atoms with Gasteiger partial charge in [0.05, 0.1) is 10.5 Å². The highest BCUT2D eigenvalue weighted by molar-refractivity contribution is 7.89. The Bertz CT molecular complexity index is 645. The van der Waals surface area contributed by atoms with Crippen LogP contribution < -0.4 is 10.5 Å². The van der Waals surface area contributed by atoms with Crippen LogP contribution in [0.5, 0.6) is 0 Å². The average Bonchev–Trinajstić information content (AvgIpc) is 2.36. The zero-order valence-electron chi connectivity index (χ0n) is 12.2. The lowest BCUT2D eigenvalue weighted by atomic mass is 9.80. The SMILES string of the molecule is COC1(CNC(=O)c2cc(S(N)(=O)=O)ccc2C)CCC1.